The van der Waals surface area contributed by atoms with Crippen molar-refractivity contribution in [3.8, 4) is 0 Å². The largest absolute Gasteiger partial charge is 0.394 e. The van der Waals surface area contributed by atoms with E-state index in [0.29, 0.717) is 6.54 Å². The molecule has 0 spiro atoms. The Morgan fingerprint density at radius 1 is 1.23 bits per heavy atom. The molecule has 1 saturated heterocycles. The Hall–Kier alpha value is -3.17. The maximum absolute atomic E-state index is 12.3. The van der Waals surface area contributed by atoms with Crippen LogP contribution in [0, 0.1) is 0 Å². The van der Waals surface area contributed by atoms with Crippen molar-refractivity contribution in [3.05, 3.63) is 72.1 Å². The summed E-state index contributed by atoms with van der Waals surface area (Å²) in [6.45, 7) is 0.522. The molecule has 0 saturated carbocycles. The minimum atomic E-state index is -0.455. The highest BCUT2D eigenvalue weighted by molar-refractivity contribution is 5.92. The van der Waals surface area contributed by atoms with E-state index in [1.165, 1.54) is 24.2 Å². The number of benzene rings is 1. The molecule has 2 N–H and O–H groups in total. The molecule has 3 heterocycles. The summed E-state index contributed by atoms with van der Waals surface area (Å²) in [6, 6.07) is 9.91. The first-order chi connectivity index (χ1) is 15.2. The molecule has 4 rings (SSSR count). The summed E-state index contributed by atoms with van der Waals surface area (Å²) < 4.78 is 7.88. The predicted molar refractivity (Wildman–Crippen MR) is 112 cm³/mol. The molecule has 0 aliphatic carbocycles. The Bertz CT molecular complexity index is 966. The first kappa shape index (κ1) is 21.1. The van der Waals surface area contributed by atoms with Gasteiger partial charge < -0.3 is 15.2 Å². The van der Waals surface area contributed by atoms with Crippen LogP contribution >= 0.6 is 0 Å². The summed E-state index contributed by atoms with van der Waals surface area (Å²) in [5, 5.41) is 21.1. The third-order valence-corrected chi connectivity index (χ3v) is 5.40. The van der Waals surface area contributed by atoms with Crippen molar-refractivity contribution in [1.29, 1.82) is 0 Å². The Labute approximate surface area is 180 Å². The lowest BCUT2D eigenvalue weighted by molar-refractivity contribution is -0.0912. The summed E-state index contributed by atoms with van der Waals surface area (Å²) in [6.07, 6.45) is 8.92. The molecule has 0 unspecified atom stereocenters. The molecule has 1 aliphatic rings. The SMILES string of the molecule is O=C(N[C@@H]1CC[C@H](CCn2cc(Cc3ccccc3)nn2)O[C@H]1CO)c1cnccn1. The average Bonchev–Trinajstić information content (AvgIpc) is 3.26. The van der Waals surface area contributed by atoms with Gasteiger partial charge in [-0.2, -0.15) is 0 Å². The van der Waals surface area contributed by atoms with Crippen molar-refractivity contribution in [1.82, 2.24) is 30.3 Å². The molecule has 1 fully saturated rings. The molecule has 1 aromatic carbocycles. The topological polar surface area (TPSA) is 115 Å². The smallest absolute Gasteiger partial charge is 0.271 e. The summed E-state index contributed by atoms with van der Waals surface area (Å²) in [5.74, 6) is -0.313. The van der Waals surface area contributed by atoms with Crippen LogP contribution < -0.4 is 5.32 Å². The Balaban J connectivity index is 1.26. The number of aromatic nitrogens is 5. The molecule has 162 valence electrons. The molecule has 0 radical (unpaired) electrons. The second kappa shape index (κ2) is 10.2. The lowest BCUT2D eigenvalue weighted by Gasteiger charge is -2.36. The highest BCUT2D eigenvalue weighted by Crippen LogP contribution is 2.22. The summed E-state index contributed by atoms with van der Waals surface area (Å²) in [4.78, 5) is 20.2. The number of hydrogen-bond acceptors (Lipinski definition) is 7. The monoisotopic (exact) mass is 422 g/mol. The number of aryl methyl sites for hydroxylation is 1. The van der Waals surface area contributed by atoms with Crippen molar-refractivity contribution in [2.45, 2.75) is 50.5 Å². The zero-order valence-electron chi connectivity index (χ0n) is 17.2. The predicted octanol–water partition coefficient (Wildman–Crippen LogP) is 1.39. The van der Waals surface area contributed by atoms with Crippen molar-refractivity contribution in [2.75, 3.05) is 6.61 Å². The van der Waals surface area contributed by atoms with Crippen molar-refractivity contribution >= 4 is 5.91 Å². The third kappa shape index (κ3) is 5.71. The minimum Gasteiger partial charge on any atom is -0.394 e. The van der Waals surface area contributed by atoms with E-state index < -0.39 is 6.10 Å². The van der Waals surface area contributed by atoms with Crippen molar-refractivity contribution in [3.63, 3.8) is 0 Å². The van der Waals surface area contributed by atoms with E-state index in [1.807, 2.05) is 29.1 Å². The van der Waals surface area contributed by atoms with Gasteiger partial charge >= 0.3 is 0 Å². The fourth-order valence-corrected chi connectivity index (χ4v) is 3.78. The number of ether oxygens (including phenoxy) is 1. The highest BCUT2D eigenvalue weighted by Gasteiger charge is 2.32. The van der Waals surface area contributed by atoms with Crippen LogP contribution in [-0.4, -0.2) is 60.8 Å². The first-order valence-corrected chi connectivity index (χ1v) is 10.5. The molecule has 9 heteroatoms. The lowest BCUT2D eigenvalue weighted by atomic mass is 9.97. The van der Waals surface area contributed by atoms with Gasteiger partial charge in [-0.25, -0.2) is 4.98 Å². The van der Waals surface area contributed by atoms with Gasteiger partial charge in [0.1, 0.15) is 11.8 Å². The Morgan fingerprint density at radius 3 is 2.87 bits per heavy atom. The summed E-state index contributed by atoms with van der Waals surface area (Å²) in [5.41, 5.74) is 2.38. The van der Waals surface area contributed by atoms with Crippen LogP contribution in [0.5, 0.6) is 0 Å². The number of aliphatic hydroxyl groups is 1. The molecule has 2 aromatic heterocycles. The summed E-state index contributed by atoms with van der Waals surface area (Å²) >= 11 is 0. The van der Waals surface area contributed by atoms with Crippen LogP contribution in [0.15, 0.2) is 55.1 Å². The number of hydrogen-bond donors (Lipinski definition) is 2. The first-order valence-electron chi connectivity index (χ1n) is 10.5. The lowest BCUT2D eigenvalue weighted by Crippen LogP contribution is -2.51. The van der Waals surface area contributed by atoms with Crippen molar-refractivity contribution < 1.29 is 14.6 Å². The Kier molecular flexibility index (Phi) is 6.96. The van der Waals surface area contributed by atoms with E-state index in [9.17, 15) is 9.90 Å². The molecule has 9 nitrogen and oxygen atoms in total. The second-order valence-electron chi connectivity index (χ2n) is 7.65. The minimum absolute atomic E-state index is 0.0106. The molecule has 1 amide bonds. The molecule has 3 aromatic rings. The number of amides is 1. The van der Waals surface area contributed by atoms with Gasteiger partial charge in [0.25, 0.3) is 5.91 Å². The van der Waals surface area contributed by atoms with E-state index >= 15 is 0 Å². The van der Waals surface area contributed by atoms with Gasteiger partial charge in [0.05, 0.1) is 30.6 Å². The maximum Gasteiger partial charge on any atom is 0.271 e. The van der Waals surface area contributed by atoms with Crippen LogP contribution in [0.3, 0.4) is 0 Å². The fraction of sp³-hybridized carbons (Fsp3) is 0.409. The highest BCUT2D eigenvalue weighted by atomic mass is 16.5. The van der Waals surface area contributed by atoms with Crippen LogP contribution in [0.25, 0.3) is 0 Å². The van der Waals surface area contributed by atoms with Gasteiger partial charge in [-0.1, -0.05) is 35.5 Å². The number of nitrogens with one attached hydrogen (secondary N) is 1. The quantitative estimate of drug-likeness (QED) is 0.564. The van der Waals surface area contributed by atoms with Crippen molar-refractivity contribution in [2.24, 2.45) is 0 Å². The number of carbonyl (C=O) groups is 1. The summed E-state index contributed by atoms with van der Waals surface area (Å²) in [7, 11) is 0. The number of aliphatic hydroxyl groups excluding tert-OH is 1. The van der Waals surface area contributed by atoms with Crippen LogP contribution in [0.2, 0.25) is 0 Å². The zero-order valence-corrected chi connectivity index (χ0v) is 17.2. The second-order valence-corrected chi connectivity index (χ2v) is 7.65. The molecular weight excluding hydrogens is 396 g/mol. The number of rotatable bonds is 8. The van der Waals surface area contributed by atoms with Gasteiger partial charge in [-0.05, 0) is 24.8 Å². The van der Waals surface area contributed by atoms with Gasteiger partial charge in [0.2, 0.25) is 0 Å². The van der Waals surface area contributed by atoms with Crippen LogP contribution in [-0.2, 0) is 17.7 Å². The number of carbonyl (C=O) groups excluding carboxylic acids is 1. The van der Waals surface area contributed by atoms with Gasteiger partial charge in [0.15, 0.2) is 0 Å². The molecule has 3 atom stereocenters. The van der Waals surface area contributed by atoms with E-state index in [4.69, 9.17) is 4.74 Å². The van der Waals surface area contributed by atoms with E-state index in [1.54, 1.807) is 0 Å². The standard InChI is InChI=1S/C22H26N6O3/c29-15-21-19(25-22(30)20-13-23-9-10-24-20)7-6-18(31-21)8-11-28-14-17(26-27-28)12-16-4-2-1-3-5-16/h1-5,9-10,13-14,18-19,21,29H,6-8,11-12,15H2,(H,25,30)/t18-,19-,21+/m1/s1. The van der Waals surface area contributed by atoms with Crippen LogP contribution in [0.4, 0.5) is 0 Å². The molecular formula is C22H26N6O3. The third-order valence-electron chi connectivity index (χ3n) is 5.40. The van der Waals surface area contributed by atoms with E-state index in [-0.39, 0.29) is 30.4 Å². The van der Waals surface area contributed by atoms with E-state index in [2.05, 4.69) is 37.7 Å². The molecule has 0 bridgehead atoms. The van der Waals surface area contributed by atoms with Crippen LogP contribution in [0.1, 0.15) is 41.0 Å². The average molecular weight is 422 g/mol. The fourth-order valence-electron chi connectivity index (χ4n) is 3.78. The molecule has 31 heavy (non-hydrogen) atoms. The van der Waals surface area contributed by atoms with Gasteiger partial charge in [-0.15, -0.1) is 5.10 Å². The van der Waals surface area contributed by atoms with Gasteiger partial charge in [-0.3, -0.25) is 14.5 Å². The maximum atomic E-state index is 12.3. The zero-order chi connectivity index (χ0) is 21.5. The van der Waals surface area contributed by atoms with Gasteiger partial charge in [0, 0.05) is 31.6 Å². The van der Waals surface area contributed by atoms with E-state index in [0.717, 1.165) is 31.4 Å². The number of nitrogens with zero attached hydrogens (tertiary/aromatic N) is 5. The normalized spacial score (nSPS) is 21.0. The Morgan fingerprint density at radius 2 is 2.10 bits per heavy atom. The molecule has 1 aliphatic heterocycles.